The second kappa shape index (κ2) is 6.66. The van der Waals surface area contributed by atoms with E-state index in [-0.39, 0.29) is 21.3 Å². The number of hydrogen-bond acceptors (Lipinski definition) is 4. The van der Waals surface area contributed by atoms with E-state index in [4.69, 9.17) is 23.2 Å². The molecule has 0 saturated carbocycles. The van der Waals surface area contributed by atoms with Crippen molar-refractivity contribution in [3.8, 4) is 0 Å². The molecule has 0 unspecified atom stereocenters. The van der Waals surface area contributed by atoms with Crippen molar-refractivity contribution in [1.29, 1.82) is 0 Å². The third-order valence-electron chi connectivity index (χ3n) is 2.87. The van der Waals surface area contributed by atoms with E-state index in [1.54, 1.807) is 0 Å². The molecule has 0 heterocycles. The number of non-ortho nitro benzene ring substituents is 1. The van der Waals surface area contributed by atoms with Crippen LogP contribution in [0.25, 0.3) is 12.2 Å². The highest BCUT2D eigenvalue weighted by Crippen LogP contribution is 2.27. The van der Waals surface area contributed by atoms with Gasteiger partial charge < -0.3 is 0 Å². The maximum absolute atomic E-state index is 13.3. The van der Waals surface area contributed by atoms with Gasteiger partial charge >= 0.3 is 10.2 Å². The second-order valence-corrected chi connectivity index (χ2v) is 6.58. The number of rotatable bonds is 4. The van der Waals surface area contributed by atoms with Crippen LogP contribution in [0.5, 0.6) is 0 Å². The number of halogens is 3. The standard InChI is InChI=1S/C14H8Cl2FNO4S/c15-11-4-6-14(23(17,21)22)10(7-11)2-1-9-3-5-12(18(19)20)8-13(9)16/h1-8H. The van der Waals surface area contributed by atoms with Crippen molar-refractivity contribution in [3.63, 3.8) is 0 Å². The maximum Gasteiger partial charge on any atom is 0.332 e. The van der Waals surface area contributed by atoms with Crippen LogP contribution in [0.2, 0.25) is 10.0 Å². The normalized spacial score (nSPS) is 11.8. The van der Waals surface area contributed by atoms with Crippen molar-refractivity contribution in [2.75, 3.05) is 0 Å². The van der Waals surface area contributed by atoms with Gasteiger partial charge in [0.05, 0.1) is 9.95 Å². The molecule has 0 saturated heterocycles. The highest BCUT2D eigenvalue weighted by atomic mass is 35.5. The van der Waals surface area contributed by atoms with Gasteiger partial charge in [-0.15, -0.1) is 3.89 Å². The van der Waals surface area contributed by atoms with E-state index in [9.17, 15) is 22.4 Å². The Bertz CT molecular complexity index is 913. The molecule has 9 heteroatoms. The van der Waals surface area contributed by atoms with Crippen molar-refractivity contribution in [2.24, 2.45) is 0 Å². The molecule has 0 aliphatic heterocycles. The summed E-state index contributed by atoms with van der Waals surface area (Å²) >= 11 is 11.7. The SMILES string of the molecule is O=[N+]([O-])c1ccc(C=Cc2cc(Cl)ccc2S(=O)(=O)F)c(Cl)c1. The zero-order valence-electron chi connectivity index (χ0n) is 11.2. The molecule has 0 N–H and O–H groups in total. The number of nitro groups is 1. The summed E-state index contributed by atoms with van der Waals surface area (Å²) in [6.07, 6.45) is 2.72. The summed E-state index contributed by atoms with van der Waals surface area (Å²) in [7, 11) is -4.91. The molecule has 0 spiro atoms. The summed E-state index contributed by atoms with van der Waals surface area (Å²) in [6.45, 7) is 0. The summed E-state index contributed by atoms with van der Waals surface area (Å²) in [5.74, 6) is 0. The van der Waals surface area contributed by atoms with E-state index < -0.39 is 20.0 Å². The quantitative estimate of drug-likeness (QED) is 0.335. The zero-order valence-corrected chi connectivity index (χ0v) is 13.6. The Morgan fingerprint density at radius 2 is 1.70 bits per heavy atom. The molecular formula is C14H8Cl2FNO4S. The first-order valence-corrected chi connectivity index (χ1v) is 8.18. The van der Waals surface area contributed by atoms with E-state index in [1.807, 2.05) is 0 Å². The van der Waals surface area contributed by atoms with E-state index in [0.29, 0.717) is 5.56 Å². The molecule has 0 fully saturated rings. The Hall–Kier alpha value is -1.96. The van der Waals surface area contributed by atoms with Crippen molar-refractivity contribution >= 4 is 51.3 Å². The minimum Gasteiger partial charge on any atom is -0.258 e. The molecule has 0 atom stereocenters. The topological polar surface area (TPSA) is 77.3 Å². The van der Waals surface area contributed by atoms with Gasteiger partial charge in [0.15, 0.2) is 0 Å². The van der Waals surface area contributed by atoms with Crippen LogP contribution in [0.4, 0.5) is 9.57 Å². The van der Waals surface area contributed by atoms with Crippen LogP contribution in [-0.4, -0.2) is 13.3 Å². The summed E-state index contributed by atoms with van der Waals surface area (Å²) in [4.78, 5) is 9.52. The first kappa shape index (κ1) is 17.4. The van der Waals surface area contributed by atoms with Crippen LogP contribution in [0.1, 0.15) is 11.1 Å². The molecular weight excluding hydrogens is 368 g/mol. The Morgan fingerprint density at radius 3 is 2.26 bits per heavy atom. The van der Waals surface area contributed by atoms with Gasteiger partial charge in [0.25, 0.3) is 5.69 Å². The summed E-state index contributed by atoms with van der Waals surface area (Å²) in [6, 6.07) is 7.39. The van der Waals surface area contributed by atoms with Crippen LogP contribution >= 0.6 is 23.2 Å². The second-order valence-electron chi connectivity index (χ2n) is 4.42. The Kier molecular flexibility index (Phi) is 5.03. The van der Waals surface area contributed by atoms with Gasteiger partial charge in [-0.1, -0.05) is 35.4 Å². The molecule has 0 aliphatic carbocycles. The lowest BCUT2D eigenvalue weighted by molar-refractivity contribution is -0.384. The van der Waals surface area contributed by atoms with Crippen molar-refractivity contribution < 1.29 is 17.2 Å². The molecule has 0 radical (unpaired) electrons. The number of nitro benzene ring substituents is 1. The zero-order chi connectivity index (χ0) is 17.2. The van der Waals surface area contributed by atoms with Gasteiger partial charge in [0.2, 0.25) is 0 Å². The van der Waals surface area contributed by atoms with Crippen molar-refractivity contribution in [3.05, 3.63) is 67.7 Å². The molecule has 2 aromatic rings. The van der Waals surface area contributed by atoms with Crippen LogP contribution in [0.15, 0.2) is 41.3 Å². The average molecular weight is 376 g/mol. The monoisotopic (exact) mass is 375 g/mol. The number of nitrogens with zero attached hydrogens (tertiary/aromatic N) is 1. The van der Waals surface area contributed by atoms with Gasteiger partial charge in [0, 0.05) is 17.2 Å². The van der Waals surface area contributed by atoms with E-state index in [2.05, 4.69) is 0 Å². The van der Waals surface area contributed by atoms with Crippen molar-refractivity contribution in [2.45, 2.75) is 4.90 Å². The highest BCUT2D eigenvalue weighted by molar-refractivity contribution is 7.86. The summed E-state index contributed by atoms with van der Waals surface area (Å²) in [5, 5.41) is 11.0. The smallest absolute Gasteiger partial charge is 0.258 e. The molecule has 0 bridgehead atoms. The van der Waals surface area contributed by atoms with Gasteiger partial charge in [-0.3, -0.25) is 10.1 Å². The minimum absolute atomic E-state index is 0.0365. The van der Waals surface area contributed by atoms with Crippen LogP contribution < -0.4 is 0 Å². The fourth-order valence-electron chi connectivity index (χ4n) is 1.82. The molecule has 5 nitrogen and oxygen atoms in total. The van der Waals surface area contributed by atoms with E-state index in [0.717, 1.165) is 12.1 Å². The van der Waals surface area contributed by atoms with Gasteiger partial charge in [-0.05, 0) is 35.4 Å². The lowest BCUT2D eigenvalue weighted by Gasteiger charge is -2.03. The van der Waals surface area contributed by atoms with Gasteiger partial charge in [0.1, 0.15) is 4.90 Å². The Labute approximate surface area is 141 Å². The molecule has 120 valence electrons. The fraction of sp³-hybridized carbons (Fsp3) is 0. The predicted molar refractivity (Wildman–Crippen MR) is 86.8 cm³/mol. The fourth-order valence-corrected chi connectivity index (χ4v) is 2.87. The largest absolute Gasteiger partial charge is 0.332 e. The molecule has 2 rings (SSSR count). The molecule has 0 aromatic heterocycles. The molecule has 23 heavy (non-hydrogen) atoms. The third-order valence-corrected chi connectivity index (χ3v) is 4.33. The predicted octanol–water partition coefficient (Wildman–Crippen LogP) is 4.73. The lowest BCUT2D eigenvalue weighted by Crippen LogP contribution is -1.95. The lowest BCUT2D eigenvalue weighted by atomic mass is 10.1. The van der Waals surface area contributed by atoms with Crippen LogP contribution in [0.3, 0.4) is 0 Å². The van der Waals surface area contributed by atoms with Gasteiger partial charge in [-0.25, -0.2) is 0 Å². The third kappa shape index (κ3) is 4.28. The molecule has 0 amide bonds. The first-order chi connectivity index (χ1) is 10.7. The summed E-state index contributed by atoms with van der Waals surface area (Å²) in [5.41, 5.74) is 0.260. The highest BCUT2D eigenvalue weighted by Gasteiger charge is 2.16. The molecule has 2 aromatic carbocycles. The van der Waals surface area contributed by atoms with Crippen molar-refractivity contribution in [1.82, 2.24) is 0 Å². The number of hydrogen-bond donors (Lipinski definition) is 0. The van der Waals surface area contributed by atoms with Crippen LogP contribution in [0, 0.1) is 10.1 Å². The number of benzene rings is 2. The average Bonchev–Trinajstić information content (AvgIpc) is 2.44. The molecule has 0 aliphatic rings. The van der Waals surface area contributed by atoms with Crippen LogP contribution in [-0.2, 0) is 10.2 Å². The Balaban J connectivity index is 2.45. The maximum atomic E-state index is 13.3. The first-order valence-electron chi connectivity index (χ1n) is 6.05. The minimum atomic E-state index is -4.91. The van der Waals surface area contributed by atoms with Gasteiger partial charge in [-0.2, -0.15) is 8.42 Å². The van der Waals surface area contributed by atoms with E-state index >= 15 is 0 Å². The van der Waals surface area contributed by atoms with E-state index in [1.165, 1.54) is 36.4 Å². The Morgan fingerprint density at radius 1 is 1.04 bits per heavy atom. The summed E-state index contributed by atoms with van der Waals surface area (Å²) < 4.78 is 35.5.